The molecule has 3 heterocycles. The van der Waals surface area contributed by atoms with E-state index < -0.39 is 0 Å². The lowest BCUT2D eigenvalue weighted by Gasteiger charge is -2.17. The number of halogens is 1. The summed E-state index contributed by atoms with van der Waals surface area (Å²) >= 11 is 7.57. The summed E-state index contributed by atoms with van der Waals surface area (Å²) in [6.07, 6.45) is 3.10. The molecule has 1 atom stereocenters. The van der Waals surface area contributed by atoms with Crippen LogP contribution in [0.2, 0.25) is 5.02 Å². The van der Waals surface area contributed by atoms with Gasteiger partial charge < -0.3 is 18.8 Å². The van der Waals surface area contributed by atoms with Crippen molar-refractivity contribution in [1.29, 1.82) is 0 Å². The molecule has 0 aliphatic carbocycles. The molecule has 2 aromatic rings. The minimum Gasteiger partial charge on any atom is -0.496 e. The Morgan fingerprint density at radius 2 is 2.33 bits per heavy atom. The minimum absolute atomic E-state index is 0.168. The van der Waals surface area contributed by atoms with E-state index in [0.717, 1.165) is 30.7 Å². The van der Waals surface area contributed by atoms with Gasteiger partial charge in [0.25, 0.3) is 5.91 Å². The summed E-state index contributed by atoms with van der Waals surface area (Å²) in [7, 11) is 1.53. The highest BCUT2D eigenvalue weighted by Crippen LogP contribution is 2.25. The largest absolute Gasteiger partial charge is 0.496 e. The van der Waals surface area contributed by atoms with E-state index >= 15 is 0 Å². The third kappa shape index (κ3) is 3.96. The zero-order chi connectivity index (χ0) is 18.8. The smallest absolute Gasteiger partial charge is 0.283 e. The topological polar surface area (TPSA) is 62.0 Å². The Kier molecular flexibility index (Phi) is 5.63. The first kappa shape index (κ1) is 18.7. The maximum atomic E-state index is 12.9. The number of thiazole rings is 1. The van der Waals surface area contributed by atoms with Gasteiger partial charge in [-0.25, -0.2) is 0 Å². The van der Waals surface area contributed by atoms with Crippen LogP contribution < -0.4 is 9.54 Å². The number of methoxy groups -OCH3 is 1. The predicted molar refractivity (Wildman–Crippen MR) is 103 cm³/mol. The molecular formula is C19H21ClN2O4S. The summed E-state index contributed by atoms with van der Waals surface area (Å²) in [6.45, 7) is 2.76. The zero-order valence-corrected chi connectivity index (χ0v) is 16.6. The summed E-state index contributed by atoms with van der Waals surface area (Å²) in [4.78, 5) is 19.1. The molecular weight excluding hydrogens is 388 g/mol. The number of rotatable bonds is 4. The van der Waals surface area contributed by atoms with Crippen molar-refractivity contribution in [1.82, 2.24) is 4.57 Å². The number of ether oxygens (including phenoxy) is 3. The molecule has 1 fully saturated rings. The number of benzene rings is 1. The molecule has 0 unspecified atom stereocenters. The highest BCUT2D eigenvalue weighted by atomic mass is 35.5. The van der Waals surface area contributed by atoms with Crippen LogP contribution in [0.3, 0.4) is 0 Å². The number of hydrogen-bond acceptors (Lipinski definition) is 5. The Labute approximate surface area is 166 Å². The quantitative estimate of drug-likeness (QED) is 0.779. The van der Waals surface area contributed by atoms with Crippen molar-refractivity contribution in [2.24, 2.45) is 4.99 Å². The van der Waals surface area contributed by atoms with Crippen LogP contribution >= 0.6 is 22.9 Å². The van der Waals surface area contributed by atoms with Gasteiger partial charge in [0.2, 0.25) is 0 Å². The average molecular weight is 409 g/mol. The summed E-state index contributed by atoms with van der Waals surface area (Å²) in [6, 6.07) is 4.96. The highest BCUT2D eigenvalue weighted by Gasteiger charge is 2.23. The number of amides is 1. The van der Waals surface area contributed by atoms with Gasteiger partial charge in [0.05, 0.1) is 43.4 Å². The maximum absolute atomic E-state index is 12.9. The summed E-state index contributed by atoms with van der Waals surface area (Å²) in [5, 5.41) is 0.473. The van der Waals surface area contributed by atoms with Gasteiger partial charge >= 0.3 is 0 Å². The van der Waals surface area contributed by atoms with Crippen LogP contribution in [0.5, 0.6) is 5.75 Å². The zero-order valence-electron chi connectivity index (χ0n) is 15.1. The normalized spacial score (nSPS) is 19.9. The van der Waals surface area contributed by atoms with E-state index in [-0.39, 0.29) is 12.0 Å². The van der Waals surface area contributed by atoms with E-state index in [9.17, 15) is 4.79 Å². The van der Waals surface area contributed by atoms with Crippen LogP contribution in [0.1, 0.15) is 33.8 Å². The number of nitrogens with zero attached hydrogens (tertiary/aromatic N) is 2. The lowest BCUT2D eigenvalue weighted by molar-refractivity contribution is 0.0896. The van der Waals surface area contributed by atoms with E-state index in [1.807, 2.05) is 0 Å². The van der Waals surface area contributed by atoms with Gasteiger partial charge in [0.15, 0.2) is 4.80 Å². The summed E-state index contributed by atoms with van der Waals surface area (Å²) in [5.41, 5.74) is 1.56. The van der Waals surface area contributed by atoms with Crippen LogP contribution in [0.4, 0.5) is 0 Å². The predicted octanol–water partition coefficient (Wildman–Crippen LogP) is 3.20. The molecule has 1 aromatic heterocycles. The van der Waals surface area contributed by atoms with Crippen molar-refractivity contribution in [2.45, 2.75) is 38.5 Å². The van der Waals surface area contributed by atoms with Gasteiger partial charge in [-0.2, -0.15) is 4.99 Å². The van der Waals surface area contributed by atoms with E-state index in [2.05, 4.69) is 9.56 Å². The molecule has 0 radical (unpaired) electrons. The monoisotopic (exact) mass is 408 g/mol. The fourth-order valence-electron chi connectivity index (χ4n) is 3.47. The van der Waals surface area contributed by atoms with Crippen molar-refractivity contribution in [3.63, 3.8) is 0 Å². The van der Waals surface area contributed by atoms with Crippen LogP contribution in [0.15, 0.2) is 23.2 Å². The van der Waals surface area contributed by atoms with Gasteiger partial charge in [0.1, 0.15) is 5.75 Å². The lowest BCUT2D eigenvalue weighted by Crippen LogP contribution is -2.27. The molecule has 1 aromatic carbocycles. The molecule has 8 heteroatoms. The average Bonchev–Trinajstić information content (AvgIpc) is 3.30. The first-order valence-corrected chi connectivity index (χ1v) is 10.2. The van der Waals surface area contributed by atoms with Gasteiger partial charge in [-0.3, -0.25) is 4.79 Å². The molecule has 0 bridgehead atoms. The van der Waals surface area contributed by atoms with Gasteiger partial charge in [-0.15, -0.1) is 0 Å². The number of fused-ring (bicyclic) bond motifs is 1. The molecule has 2 aliphatic heterocycles. The number of hydrogen-bond donors (Lipinski definition) is 0. The molecule has 0 saturated carbocycles. The van der Waals surface area contributed by atoms with Crippen LogP contribution in [-0.2, 0) is 29.0 Å². The molecule has 1 saturated heterocycles. The van der Waals surface area contributed by atoms with E-state index in [1.54, 1.807) is 18.2 Å². The van der Waals surface area contributed by atoms with Gasteiger partial charge in [-0.1, -0.05) is 22.9 Å². The van der Waals surface area contributed by atoms with Crippen LogP contribution in [0.25, 0.3) is 0 Å². The molecule has 144 valence electrons. The number of aromatic nitrogens is 1. The fourth-order valence-corrected chi connectivity index (χ4v) is 4.76. The Balaban J connectivity index is 1.74. The SMILES string of the molecule is COc1ccc(Cl)cc1C(=O)N=c1sc2c(n1C[C@H]1CCCO1)CCOC2. The molecule has 2 aliphatic rings. The van der Waals surface area contributed by atoms with Crippen LogP contribution in [0, 0.1) is 0 Å². The Bertz CT molecular complexity index is 915. The van der Waals surface area contributed by atoms with Crippen molar-refractivity contribution in [3.05, 3.63) is 44.2 Å². The van der Waals surface area contributed by atoms with Crippen molar-refractivity contribution in [2.75, 3.05) is 20.3 Å². The second-order valence-electron chi connectivity index (χ2n) is 6.56. The van der Waals surface area contributed by atoms with Crippen LogP contribution in [-0.4, -0.2) is 36.9 Å². The Morgan fingerprint density at radius 1 is 1.44 bits per heavy atom. The second-order valence-corrected chi connectivity index (χ2v) is 8.06. The van der Waals surface area contributed by atoms with E-state index in [1.165, 1.54) is 24.1 Å². The van der Waals surface area contributed by atoms with E-state index in [4.69, 9.17) is 25.8 Å². The second kappa shape index (κ2) is 8.14. The third-order valence-electron chi connectivity index (χ3n) is 4.81. The van der Waals surface area contributed by atoms with Crippen molar-refractivity contribution >= 4 is 28.8 Å². The molecule has 6 nitrogen and oxygen atoms in total. The summed E-state index contributed by atoms with van der Waals surface area (Å²) < 4.78 is 18.8. The maximum Gasteiger partial charge on any atom is 0.283 e. The van der Waals surface area contributed by atoms with Gasteiger partial charge in [0, 0.05) is 23.7 Å². The van der Waals surface area contributed by atoms with Crippen molar-refractivity contribution in [3.8, 4) is 5.75 Å². The summed E-state index contributed by atoms with van der Waals surface area (Å²) in [5.74, 6) is 0.0958. The molecule has 1 amide bonds. The molecule has 27 heavy (non-hydrogen) atoms. The fraction of sp³-hybridized carbons (Fsp3) is 0.474. The van der Waals surface area contributed by atoms with Crippen molar-refractivity contribution < 1.29 is 19.0 Å². The Morgan fingerprint density at radius 3 is 3.11 bits per heavy atom. The van der Waals surface area contributed by atoms with E-state index in [0.29, 0.717) is 40.9 Å². The number of carbonyl (C=O) groups excluding carboxylic acids is 1. The Hall–Kier alpha value is -1.67. The standard InChI is InChI=1S/C19H21ClN2O4S/c1-24-16-5-4-12(20)9-14(16)18(23)21-19-22(10-13-3-2-7-26-13)15-6-8-25-11-17(15)27-19/h4-5,9,13H,2-3,6-8,10-11H2,1H3/t13-/m1/s1. The molecule has 0 N–H and O–H groups in total. The first-order chi connectivity index (χ1) is 13.2. The minimum atomic E-state index is -0.366. The van der Waals surface area contributed by atoms with Gasteiger partial charge in [-0.05, 0) is 31.0 Å². The first-order valence-electron chi connectivity index (χ1n) is 8.99. The molecule has 0 spiro atoms. The molecule has 4 rings (SSSR count). The highest BCUT2D eigenvalue weighted by molar-refractivity contribution is 7.09. The third-order valence-corrected chi connectivity index (χ3v) is 6.14. The number of carbonyl (C=O) groups is 1. The lowest BCUT2D eigenvalue weighted by atomic mass is 10.2.